The van der Waals surface area contributed by atoms with Gasteiger partial charge in [-0.3, -0.25) is 19.2 Å². The van der Waals surface area contributed by atoms with Crippen molar-refractivity contribution < 1.29 is 19.2 Å². The maximum absolute atomic E-state index is 12.8. The van der Waals surface area contributed by atoms with E-state index >= 15 is 0 Å². The van der Waals surface area contributed by atoms with E-state index in [0.717, 1.165) is 11.1 Å². The fraction of sp³-hybridized carbons (Fsp3) is 0.500. The Labute approximate surface area is 200 Å². The van der Waals surface area contributed by atoms with Gasteiger partial charge >= 0.3 is 0 Å². The lowest BCUT2D eigenvalue weighted by atomic mass is 9.95. The van der Waals surface area contributed by atoms with Crippen molar-refractivity contribution in [2.24, 2.45) is 34.5 Å². The smallest absolute Gasteiger partial charge is 0.255 e. The minimum absolute atomic E-state index is 0.122. The molecule has 4 aliphatic carbocycles. The number of rotatable bonds is 4. The summed E-state index contributed by atoms with van der Waals surface area (Å²) in [6.07, 6.45) is 1.12. The molecule has 34 heavy (non-hydrogen) atoms. The monoisotopic (exact) mass is 460 g/mol. The Morgan fingerprint density at radius 2 is 1.03 bits per heavy atom. The van der Waals surface area contributed by atoms with Gasteiger partial charge in [-0.15, -0.1) is 0 Å². The molecule has 6 nitrogen and oxygen atoms in total. The molecule has 1 aromatic rings. The number of ketones is 2. The third-order valence-corrected chi connectivity index (χ3v) is 8.95. The summed E-state index contributed by atoms with van der Waals surface area (Å²) in [5.74, 6) is 0.880. The van der Waals surface area contributed by atoms with Crippen LogP contribution in [0.1, 0.15) is 75.1 Å². The molecule has 0 radical (unpaired) electrons. The van der Waals surface area contributed by atoms with E-state index in [4.69, 9.17) is 0 Å². The van der Waals surface area contributed by atoms with Crippen LogP contribution in [0.5, 0.6) is 0 Å². The van der Waals surface area contributed by atoms with Crippen molar-refractivity contribution >= 4 is 23.4 Å². The number of hydrogen-bond acceptors (Lipinski definition) is 4. The van der Waals surface area contributed by atoms with Crippen molar-refractivity contribution in [3.63, 3.8) is 0 Å². The zero-order valence-electron chi connectivity index (χ0n) is 20.7. The number of fused-ring (bicyclic) bond motifs is 2. The molecular weight excluding hydrogens is 428 g/mol. The predicted molar refractivity (Wildman–Crippen MR) is 128 cm³/mol. The SMILES string of the molecule is CC(NC(=O)c1ccc(C(=O)NC(C)=C2C(=O)CC3C2C3(C)C)cc1)=C1C(=O)CC2C1C2(C)C. The van der Waals surface area contributed by atoms with Crippen LogP contribution in [0.4, 0.5) is 0 Å². The second-order valence-electron chi connectivity index (χ2n) is 11.6. The normalized spacial score (nSPS) is 32.5. The first kappa shape index (κ1) is 22.8. The average Bonchev–Trinajstić information content (AvgIpc) is 3.27. The Hall–Kier alpha value is -3.02. The average molecular weight is 461 g/mol. The van der Waals surface area contributed by atoms with E-state index in [1.54, 1.807) is 38.1 Å². The van der Waals surface area contributed by atoms with Crippen LogP contribution >= 0.6 is 0 Å². The number of nitrogens with one attached hydrogen (secondary N) is 2. The van der Waals surface area contributed by atoms with Crippen molar-refractivity contribution in [2.45, 2.75) is 54.4 Å². The number of hydrogen-bond donors (Lipinski definition) is 2. The maximum atomic E-state index is 12.8. The summed E-state index contributed by atoms with van der Waals surface area (Å²) in [5, 5.41) is 5.76. The van der Waals surface area contributed by atoms with E-state index in [1.165, 1.54) is 0 Å². The molecule has 178 valence electrons. The molecule has 4 atom stereocenters. The first-order valence-corrected chi connectivity index (χ1v) is 12.1. The highest BCUT2D eigenvalue weighted by Gasteiger charge is 2.66. The second-order valence-corrected chi connectivity index (χ2v) is 11.6. The van der Waals surface area contributed by atoms with Gasteiger partial charge in [-0.25, -0.2) is 0 Å². The van der Waals surface area contributed by atoms with Gasteiger partial charge in [-0.2, -0.15) is 0 Å². The Balaban J connectivity index is 1.26. The van der Waals surface area contributed by atoms with Gasteiger partial charge in [0.1, 0.15) is 0 Å². The van der Waals surface area contributed by atoms with Crippen LogP contribution in [-0.2, 0) is 9.59 Å². The Morgan fingerprint density at radius 3 is 1.32 bits per heavy atom. The summed E-state index contributed by atoms with van der Waals surface area (Å²) in [7, 11) is 0. The molecule has 4 unspecified atom stereocenters. The minimum atomic E-state index is -0.302. The summed E-state index contributed by atoms with van der Waals surface area (Å²) in [5.41, 5.74) is 3.83. The third-order valence-electron chi connectivity index (χ3n) is 8.95. The first-order chi connectivity index (χ1) is 15.9. The van der Waals surface area contributed by atoms with Gasteiger partial charge in [0, 0.05) is 46.5 Å². The van der Waals surface area contributed by atoms with Gasteiger partial charge in [-0.05, 0) is 72.6 Å². The second kappa shape index (κ2) is 7.24. The molecule has 0 heterocycles. The highest BCUT2D eigenvalue weighted by atomic mass is 16.2. The number of allylic oxidation sites excluding steroid dienone is 4. The van der Waals surface area contributed by atoms with Gasteiger partial charge in [-0.1, -0.05) is 27.7 Å². The van der Waals surface area contributed by atoms with Gasteiger partial charge < -0.3 is 10.6 Å². The molecule has 6 heteroatoms. The number of benzene rings is 1. The van der Waals surface area contributed by atoms with E-state index in [0.29, 0.717) is 47.2 Å². The molecule has 0 bridgehead atoms. The molecule has 0 saturated heterocycles. The Morgan fingerprint density at radius 1 is 0.706 bits per heavy atom. The first-order valence-electron chi connectivity index (χ1n) is 12.1. The molecule has 4 aliphatic rings. The maximum Gasteiger partial charge on any atom is 0.255 e. The molecular formula is C28H32N2O4. The molecule has 4 fully saturated rings. The topological polar surface area (TPSA) is 92.3 Å². The summed E-state index contributed by atoms with van der Waals surface area (Å²) in [6.45, 7) is 12.2. The summed E-state index contributed by atoms with van der Waals surface area (Å²) >= 11 is 0. The molecule has 4 saturated carbocycles. The molecule has 5 rings (SSSR count). The highest BCUT2D eigenvalue weighted by molar-refractivity contribution is 6.04. The zero-order valence-corrected chi connectivity index (χ0v) is 20.7. The largest absolute Gasteiger partial charge is 0.326 e. The molecule has 2 N–H and O–H groups in total. The number of Topliss-reactive ketones (excluding diaryl/α,β-unsaturated/α-hetero) is 2. The van der Waals surface area contributed by atoms with E-state index in [2.05, 4.69) is 38.3 Å². The number of amides is 2. The third kappa shape index (κ3) is 3.29. The van der Waals surface area contributed by atoms with Crippen LogP contribution in [-0.4, -0.2) is 23.4 Å². The quantitative estimate of drug-likeness (QED) is 0.659. The fourth-order valence-electron chi connectivity index (χ4n) is 6.64. The van der Waals surface area contributed by atoms with Crippen LogP contribution in [0.25, 0.3) is 0 Å². The van der Waals surface area contributed by atoms with Crippen molar-refractivity contribution in [2.75, 3.05) is 0 Å². The predicted octanol–water partition coefficient (Wildman–Crippen LogP) is 4.18. The van der Waals surface area contributed by atoms with E-state index in [1.807, 2.05) is 0 Å². The zero-order chi connectivity index (χ0) is 24.7. The number of carbonyl (C=O) groups excluding carboxylic acids is 4. The van der Waals surface area contributed by atoms with Gasteiger partial charge in [0.05, 0.1) is 0 Å². The van der Waals surface area contributed by atoms with Crippen LogP contribution in [0.3, 0.4) is 0 Å². The van der Waals surface area contributed by atoms with Crippen LogP contribution < -0.4 is 10.6 Å². The minimum Gasteiger partial charge on any atom is -0.326 e. The van der Waals surface area contributed by atoms with Gasteiger partial charge in [0.2, 0.25) is 0 Å². The van der Waals surface area contributed by atoms with Gasteiger partial charge in [0.25, 0.3) is 11.8 Å². The van der Waals surface area contributed by atoms with Crippen molar-refractivity contribution in [1.82, 2.24) is 10.6 Å². The van der Waals surface area contributed by atoms with Crippen LogP contribution in [0.2, 0.25) is 0 Å². The lowest BCUT2D eigenvalue weighted by molar-refractivity contribution is -0.116. The fourth-order valence-corrected chi connectivity index (χ4v) is 6.64. The summed E-state index contributed by atoms with van der Waals surface area (Å²) in [6, 6.07) is 6.41. The standard InChI is InChI=1S/C28H32N2O4/c1-13(21-19(31)11-17-23(21)27(17,3)4)29-25(33)15-7-9-16(10-8-15)26(34)30-14(2)22-20(32)12-18-24(22)28(18,5)6/h7-10,17-18,23-24H,11-12H2,1-6H3,(H,29,33)(H,30,34). The van der Waals surface area contributed by atoms with E-state index in [-0.39, 0.29) is 46.0 Å². The van der Waals surface area contributed by atoms with Gasteiger partial charge in [0.15, 0.2) is 11.6 Å². The molecule has 0 spiro atoms. The molecule has 1 aromatic carbocycles. The van der Waals surface area contributed by atoms with E-state index < -0.39 is 0 Å². The highest BCUT2D eigenvalue weighted by Crippen LogP contribution is 2.68. The van der Waals surface area contributed by atoms with Crippen molar-refractivity contribution in [3.8, 4) is 0 Å². The van der Waals surface area contributed by atoms with Crippen molar-refractivity contribution in [3.05, 3.63) is 57.9 Å². The summed E-state index contributed by atoms with van der Waals surface area (Å²) in [4.78, 5) is 50.3. The lowest BCUT2D eigenvalue weighted by Gasteiger charge is -2.14. The van der Waals surface area contributed by atoms with E-state index in [9.17, 15) is 19.2 Å². The lowest BCUT2D eigenvalue weighted by Crippen LogP contribution is -2.26. The molecule has 0 aliphatic heterocycles. The van der Waals surface area contributed by atoms with Crippen molar-refractivity contribution in [1.29, 1.82) is 0 Å². The molecule has 2 amide bonds. The summed E-state index contributed by atoms with van der Waals surface area (Å²) < 4.78 is 0. The number of carbonyl (C=O) groups is 4. The molecule has 0 aromatic heterocycles. The Kier molecular flexibility index (Phi) is 4.84. The van der Waals surface area contributed by atoms with Crippen LogP contribution in [0, 0.1) is 34.5 Å². The Bertz CT molecular complexity index is 1120. The van der Waals surface area contributed by atoms with Crippen LogP contribution in [0.15, 0.2) is 46.8 Å².